The molecule has 1 aromatic heterocycles. The van der Waals surface area contributed by atoms with Crippen LogP contribution in [-0.4, -0.2) is 34.9 Å². The standard InChI is InChI=1S/C14H21N3O.ClH/c15-11-13-6-2-4-10-17(13)14(18)8-7-12-5-1-3-9-16-12;/h1,3,5,9,13H,2,4,6-8,10-11,15H2;1H. The maximum Gasteiger partial charge on any atom is 0.223 e. The highest BCUT2D eigenvalue weighted by Gasteiger charge is 2.24. The van der Waals surface area contributed by atoms with Gasteiger partial charge in [0.25, 0.3) is 0 Å². The number of hydrogen-bond acceptors (Lipinski definition) is 3. The van der Waals surface area contributed by atoms with Gasteiger partial charge in [0.05, 0.1) is 0 Å². The summed E-state index contributed by atoms with van der Waals surface area (Å²) in [6.45, 7) is 1.44. The van der Waals surface area contributed by atoms with Crippen LogP contribution >= 0.6 is 12.4 Å². The van der Waals surface area contributed by atoms with Crippen LogP contribution in [0.5, 0.6) is 0 Å². The first-order valence-corrected chi connectivity index (χ1v) is 6.70. The summed E-state index contributed by atoms with van der Waals surface area (Å²) in [5.41, 5.74) is 6.71. The Morgan fingerprint density at radius 1 is 1.42 bits per heavy atom. The molecule has 5 heteroatoms. The average Bonchev–Trinajstić information content (AvgIpc) is 2.45. The van der Waals surface area contributed by atoms with E-state index in [1.807, 2.05) is 23.1 Å². The summed E-state index contributed by atoms with van der Waals surface area (Å²) in [6, 6.07) is 6.05. The second kappa shape index (κ2) is 8.12. The highest BCUT2D eigenvalue weighted by Crippen LogP contribution is 2.17. The molecule has 0 bridgehead atoms. The van der Waals surface area contributed by atoms with Crippen LogP contribution in [-0.2, 0) is 11.2 Å². The summed E-state index contributed by atoms with van der Waals surface area (Å²) < 4.78 is 0. The zero-order valence-electron chi connectivity index (χ0n) is 11.1. The molecule has 0 radical (unpaired) electrons. The first-order valence-electron chi connectivity index (χ1n) is 6.70. The van der Waals surface area contributed by atoms with Crippen molar-refractivity contribution in [3.05, 3.63) is 30.1 Å². The Hall–Kier alpha value is -1.13. The molecule has 1 atom stereocenters. The molecule has 0 aromatic carbocycles. The Balaban J connectivity index is 0.00000180. The maximum absolute atomic E-state index is 12.2. The summed E-state index contributed by atoms with van der Waals surface area (Å²) >= 11 is 0. The summed E-state index contributed by atoms with van der Waals surface area (Å²) in [4.78, 5) is 18.4. The van der Waals surface area contributed by atoms with Crippen LogP contribution in [0.2, 0.25) is 0 Å². The second-order valence-corrected chi connectivity index (χ2v) is 4.79. The van der Waals surface area contributed by atoms with E-state index in [4.69, 9.17) is 5.73 Å². The summed E-state index contributed by atoms with van der Waals surface area (Å²) in [6.07, 6.45) is 6.36. The Bertz CT molecular complexity index is 386. The molecule has 1 unspecified atom stereocenters. The van der Waals surface area contributed by atoms with Crippen molar-refractivity contribution in [3.63, 3.8) is 0 Å². The van der Waals surface area contributed by atoms with Gasteiger partial charge in [0.1, 0.15) is 0 Å². The van der Waals surface area contributed by atoms with E-state index in [2.05, 4.69) is 4.98 Å². The number of aryl methyl sites for hydroxylation is 1. The molecule has 106 valence electrons. The van der Waals surface area contributed by atoms with Crippen molar-refractivity contribution in [2.45, 2.75) is 38.1 Å². The third kappa shape index (κ3) is 4.48. The molecule has 1 saturated heterocycles. The molecule has 1 amide bonds. The number of pyridine rings is 1. The zero-order chi connectivity index (χ0) is 12.8. The number of nitrogens with two attached hydrogens (primary N) is 1. The SMILES string of the molecule is Cl.NCC1CCCCN1C(=O)CCc1ccccn1. The minimum Gasteiger partial charge on any atom is -0.338 e. The van der Waals surface area contributed by atoms with E-state index in [1.54, 1.807) is 6.20 Å². The van der Waals surface area contributed by atoms with Gasteiger partial charge in [-0.2, -0.15) is 0 Å². The van der Waals surface area contributed by atoms with Crippen LogP contribution < -0.4 is 5.73 Å². The number of nitrogens with zero attached hydrogens (tertiary/aromatic N) is 2. The second-order valence-electron chi connectivity index (χ2n) is 4.79. The molecule has 2 heterocycles. The number of carbonyl (C=O) groups excluding carboxylic acids is 1. The van der Waals surface area contributed by atoms with Crippen LogP contribution in [0.4, 0.5) is 0 Å². The number of carbonyl (C=O) groups is 1. The normalized spacial score (nSPS) is 18.8. The fraction of sp³-hybridized carbons (Fsp3) is 0.571. The molecule has 1 aliphatic heterocycles. The van der Waals surface area contributed by atoms with Gasteiger partial charge in [0.2, 0.25) is 5.91 Å². The van der Waals surface area contributed by atoms with Gasteiger partial charge in [0.15, 0.2) is 0 Å². The Morgan fingerprint density at radius 3 is 2.95 bits per heavy atom. The Kier molecular flexibility index (Phi) is 6.81. The van der Waals surface area contributed by atoms with Crippen LogP contribution in [0.3, 0.4) is 0 Å². The fourth-order valence-corrected chi connectivity index (χ4v) is 2.50. The minimum atomic E-state index is 0. The highest BCUT2D eigenvalue weighted by atomic mass is 35.5. The van der Waals surface area contributed by atoms with Gasteiger partial charge in [-0.25, -0.2) is 0 Å². The van der Waals surface area contributed by atoms with E-state index in [1.165, 1.54) is 6.42 Å². The molecule has 2 rings (SSSR count). The molecule has 0 aliphatic carbocycles. The number of piperidine rings is 1. The Morgan fingerprint density at radius 2 is 2.26 bits per heavy atom. The molecule has 0 saturated carbocycles. The van der Waals surface area contributed by atoms with Crippen molar-refractivity contribution in [2.24, 2.45) is 5.73 Å². The lowest BCUT2D eigenvalue weighted by molar-refractivity contribution is -0.134. The first kappa shape index (κ1) is 15.9. The van der Waals surface area contributed by atoms with Crippen LogP contribution in [0.25, 0.3) is 0 Å². The summed E-state index contributed by atoms with van der Waals surface area (Å²) in [7, 11) is 0. The van der Waals surface area contributed by atoms with Gasteiger partial charge in [-0.05, 0) is 37.8 Å². The molecule has 1 aromatic rings. The van der Waals surface area contributed by atoms with Crippen LogP contribution in [0.1, 0.15) is 31.4 Å². The third-order valence-corrected chi connectivity index (χ3v) is 3.54. The van der Waals surface area contributed by atoms with Crippen molar-refractivity contribution in [1.82, 2.24) is 9.88 Å². The molecule has 19 heavy (non-hydrogen) atoms. The maximum atomic E-state index is 12.2. The van der Waals surface area contributed by atoms with Crippen molar-refractivity contribution >= 4 is 18.3 Å². The molecule has 4 nitrogen and oxygen atoms in total. The predicted molar refractivity (Wildman–Crippen MR) is 78.2 cm³/mol. The number of amides is 1. The monoisotopic (exact) mass is 283 g/mol. The quantitative estimate of drug-likeness (QED) is 0.916. The highest BCUT2D eigenvalue weighted by molar-refractivity contribution is 5.85. The average molecular weight is 284 g/mol. The van der Waals surface area contributed by atoms with Crippen molar-refractivity contribution in [3.8, 4) is 0 Å². The fourth-order valence-electron chi connectivity index (χ4n) is 2.50. The minimum absolute atomic E-state index is 0. The molecular formula is C14H22ClN3O. The van der Waals surface area contributed by atoms with Crippen molar-refractivity contribution in [2.75, 3.05) is 13.1 Å². The van der Waals surface area contributed by atoms with E-state index in [0.29, 0.717) is 19.4 Å². The summed E-state index contributed by atoms with van der Waals surface area (Å²) in [5, 5.41) is 0. The third-order valence-electron chi connectivity index (χ3n) is 3.54. The van der Waals surface area contributed by atoms with Crippen LogP contribution in [0, 0.1) is 0 Å². The molecule has 0 spiro atoms. The van der Waals surface area contributed by atoms with Gasteiger partial charge in [0, 0.05) is 37.4 Å². The van der Waals surface area contributed by atoms with Crippen LogP contribution in [0.15, 0.2) is 24.4 Å². The van der Waals surface area contributed by atoms with E-state index in [0.717, 1.165) is 25.1 Å². The number of aromatic nitrogens is 1. The topological polar surface area (TPSA) is 59.2 Å². The van der Waals surface area contributed by atoms with Crippen molar-refractivity contribution < 1.29 is 4.79 Å². The van der Waals surface area contributed by atoms with E-state index >= 15 is 0 Å². The largest absolute Gasteiger partial charge is 0.338 e. The van der Waals surface area contributed by atoms with Gasteiger partial charge < -0.3 is 10.6 Å². The van der Waals surface area contributed by atoms with E-state index in [-0.39, 0.29) is 24.4 Å². The number of rotatable bonds is 4. The number of hydrogen-bond donors (Lipinski definition) is 1. The molecule has 2 N–H and O–H groups in total. The predicted octanol–water partition coefficient (Wildman–Crippen LogP) is 1.78. The Labute approximate surface area is 120 Å². The smallest absolute Gasteiger partial charge is 0.223 e. The first-order chi connectivity index (χ1) is 8.81. The summed E-state index contributed by atoms with van der Waals surface area (Å²) in [5.74, 6) is 0.218. The van der Waals surface area contributed by atoms with Crippen molar-refractivity contribution in [1.29, 1.82) is 0 Å². The lowest BCUT2D eigenvalue weighted by Crippen LogP contribution is -2.47. The van der Waals surface area contributed by atoms with Gasteiger partial charge in [-0.3, -0.25) is 9.78 Å². The van der Waals surface area contributed by atoms with Gasteiger partial charge in [-0.15, -0.1) is 12.4 Å². The van der Waals surface area contributed by atoms with Gasteiger partial charge >= 0.3 is 0 Å². The molecular weight excluding hydrogens is 262 g/mol. The zero-order valence-corrected chi connectivity index (χ0v) is 11.9. The molecule has 1 fully saturated rings. The van der Waals surface area contributed by atoms with E-state index in [9.17, 15) is 4.79 Å². The van der Waals surface area contributed by atoms with Gasteiger partial charge in [-0.1, -0.05) is 6.07 Å². The molecule has 1 aliphatic rings. The lowest BCUT2D eigenvalue weighted by Gasteiger charge is -2.35. The van der Waals surface area contributed by atoms with E-state index < -0.39 is 0 Å². The lowest BCUT2D eigenvalue weighted by atomic mass is 10.0. The number of likely N-dealkylation sites (tertiary alicyclic amines) is 1. The number of halogens is 1.